The van der Waals surface area contributed by atoms with Crippen molar-refractivity contribution in [3.05, 3.63) is 95.1 Å². The van der Waals surface area contributed by atoms with Gasteiger partial charge in [-0.1, -0.05) is 54.1 Å². The SMILES string of the molecule is COc1cc(/C=C(/C#N)C(=O)Nc2ccccc2)ccc1OCc1cccc(C)c1. The van der Waals surface area contributed by atoms with E-state index in [2.05, 4.69) is 11.4 Å². The van der Waals surface area contributed by atoms with Crippen molar-refractivity contribution in [2.75, 3.05) is 12.4 Å². The molecule has 0 saturated carbocycles. The van der Waals surface area contributed by atoms with Crippen LogP contribution in [0.2, 0.25) is 0 Å². The third-order valence-corrected chi connectivity index (χ3v) is 4.37. The predicted molar refractivity (Wildman–Crippen MR) is 117 cm³/mol. The van der Waals surface area contributed by atoms with Crippen molar-refractivity contribution in [3.8, 4) is 17.6 Å². The van der Waals surface area contributed by atoms with Crippen LogP contribution in [0.25, 0.3) is 6.08 Å². The molecule has 150 valence electrons. The average molecular weight is 398 g/mol. The van der Waals surface area contributed by atoms with Gasteiger partial charge >= 0.3 is 0 Å². The van der Waals surface area contributed by atoms with Gasteiger partial charge in [-0.2, -0.15) is 5.26 Å². The number of benzene rings is 3. The molecule has 0 heterocycles. The lowest BCUT2D eigenvalue weighted by molar-refractivity contribution is -0.112. The summed E-state index contributed by atoms with van der Waals surface area (Å²) in [4.78, 5) is 12.4. The van der Waals surface area contributed by atoms with Crippen molar-refractivity contribution < 1.29 is 14.3 Å². The van der Waals surface area contributed by atoms with Crippen molar-refractivity contribution in [1.82, 2.24) is 0 Å². The van der Waals surface area contributed by atoms with E-state index in [1.54, 1.807) is 37.4 Å². The van der Waals surface area contributed by atoms with Crippen LogP contribution in [0.3, 0.4) is 0 Å². The van der Waals surface area contributed by atoms with Crippen LogP contribution in [0.1, 0.15) is 16.7 Å². The Hall–Kier alpha value is -4.04. The van der Waals surface area contributed by atoms with Crippen LogP contribution >= 0.6 is 0 Å². The van der Waals surface area contributed by atoms with Crippen LogP contribution < -0.4 is 14.8 Å². The fourth-order valence-corrected chi connectivity index (χ4v) is 2.89. The Morgan fingerprint density at radius 1 is 1.03 bits per heavy atom. The summed E-state index contributed by atoms with van der Waals surface area (Å²) in [6.45, 7) is 2.45. The van der Waals surface area contributed by atoms with Gasteiger partial charge in [0.15, 0.2) is 11.5 Å². The third-order valence-electron chi connectivity index (χ3n) is 4.37. The Labute approximate surface area is 176 Å². The number of hydrogen-bond acceptors (Lipinski definition) is 4. The number of carbonyl (C=O) groups is 1. The van der Waals surface area contributed by atoms with Gasteiger partial charge < -0.3 is 14.8 Å². The summed E-state index contributed by atoms with van der Waals surface area (Å²) in [5.74, 6) is 0.642. The molecule has 0 aromatic heterocycles. The van der Waals surface area contributed by atoms with Crippen molar-refractivity contribution in [1.29, 1.82) is 5.26 Å². The van der Waals surface area contributed by atoms with Gasteiger partial charge in [0.25, 0.3) is 5.91 Å². The zero-order valence-corrected chi connectivity index (χ0v) is 16.9. The van der Waals surface area contributed by atoms with E-state index in [4.69, 9.17) is 9.47 Å². The highest BCUT2D eigenvalue weighted by atomic mass is 16.5. The first-order valence-corrected chi connectivity index (χ1v) is 9.43. The van der Waals surface area contributed by atoms with Crippen molar-refractivity contribution in [2.45, 2.75) is 13.5 Å². The number of nitrogens with zero attached hydrogens (tertiary/aromatic N) is 1. The molecule has 0 radical (unpaired) electrons. The molecular weight excluding hydrogens is 376 g/mol. The van der Waals surface area contributed by atoms with Crippen LogP contribution in [0.4, 0.5) is 5.69 Å². The van der Waals surface area contributed by atoms with E-state index < -0.39 is 5.91 Å². The minimum absolute atomic E-state index is 0.00525. The number of nitrogens with one attached hydrogen (secondary N) is 1. The normalized spacial score (nSPS) is 10.8. The minimum Gasteiger partial charge on any atom is -0.493 e. The maximum absolute atomic E-state index is 12.4. The molecule has 0 atom stereocenters. The summed E-state index contributed by atoms with van der Waals surface area (Å²) in [5.41, 5.74) is 3.51. The standard InChI is InChI=1S/C25H22N2O3/c1-18-7-6-8-20(13-18)17-30-23-12-11-19(15-24(23)29-2)14-21(16-26)25(28)27-22-9-4-3-5-10-22/h3-15H,17H2,1-2H3,(H,27,28)/b21-14-. The fraction of sp³-hybridized carbons (Fsp3) is 0.120. The van der Waals surface area contributed by atoms with Crippen LogP contribution in [0.5, 0.6) is 11.5 Å². The molecule has 0 aliphatic carbocycles. The van der Waals surface area contributed by atoms with Crippen LogP contribution in [-0.4, -0.2) is 13.0 Å². The summed E-state index contributed by atoms with van der Waals surface area (Å²) in [7, 11) is 1.55. The highest BCUT2D eigenvalue weighted by Gasteiger charge is 2.11. The van der Waals surface area contributed by atoms with Gasteiger partial charge in [-0.05, 0) is 48.4 Å². The van der Waals surface area contributed by atoms with Gasteiger partial charge in [-0.25, -0.2) is 0 Å². The van der Waals surface area contributed by atoms with E-state index in [-0.39, 0.29) is 5.57 Å². The van der Waals surface area contributed by atoms with E-state index in [0.29, 0.717) is 29.4 Å². The number of hydrogen-bond donors (Lipinski definition) is 1. The van der Waals surface area contributed by atoms with Gasteiger partial charge in [0.2, 0.25) is 0 Å². The summed E-state index contributed by atoms with van der Waals surface area (Å²) in [5, 5.41) is 12.1. The number of rotatable bonds is 7. The fourth-order valence-electron chi connectivity index (χ4n) is 2.89. The van der Waals surface area contributed by atoms with Crippen molar-refractivity contribution in [3.63, 3.8) is 0 Å². The van der Waals surface area contributed by atoms with Crippen LogP contribution in [-0.2, 0) is 11.4 Å². The largest absolute Gasteiger partial charge is 0.493 e. The molecule has 0 spiro atoms. The van der Waals surface area contributed by atoms with E-state index in [1.165, 1.54) is 11.6 Å². The highest BCUT2D eigenvalue weighted by Crippen LogP contribution is 2.30. The smallest absolute Gasteiger partial charge is 0.266 e. The Morgan fingerprint density at radius 3 is 2.53 bits per heavy atom. The average Bonchev–Trinajstić information content (AvgIpc) is 2.77. The molecule has 3 aromatic carbocycles. The third kappa shape index (κ3) is 5.49. The summed E-state index contributed by atoms with van der Waals surface area (Å²) in [6, 6.07) is 24.3. The Bertz CT molecular complexity index is 1100. The number of nitriles is 1. The number of methoxy groups -OCH3 is 1. The maximum atomic E-state index is 12.4. The van der Waals surface area contributed by atoms with Crippen molar-refractivity contribution in [2.24, 2.45) is 0 Å². The molecule has 0 aliphatic rings. The molecule has 3 aromatic rings. The molecule has 5 heteroatoms. The number of carbonyl (C=O) groups excluding carboxylic acids is 1. The summed E-state index contributed by atoms with van der Waals surface area (Å²) >= 11 is 0. The second-order valence-electron chi connectivity index (χ2n) is 6.68. The van der Waals surface area contributed by atoms with Gasteiger partial charge in [0.05, 0.1) is 7.11 Å². The topological polar surface area (TPSA) is 71.3 Å². The van der Waals surface area contributed by atoms with Crippen LogP contribution in [0, 0.1) is 18.3 Å². The van der Waals surface area contributed by atoms with E-state index in [1.807, 2.05) is 49.4 Å². The van der Waals surface area contributed by atoms with E-state index in [9.17, 15) is 10.1 Å². The predicted octanol–water partition coefficient (Wildman–Crippen LogP) is 5.13. The van der Waals surface area contributed by atoms with Crippen LogP contribution in [0.15, 0.2) is 78.4 Å². The molecule has 0 fully saturated rings. The highest BCUT2D eigenvalue weighted by molar-refractivity contribution is 6.09. The quantitative estimate of drug-likeness (QED) is 0.442. The molecular formula is C25H22N2O3. The first-order valence-electron chi connectivity index (χ1n) is 9.43. The molecule has 0 bridgehead atoms. The van der Waals surface area contributed by atoms with E-state index in [0.717, 1.165) is 5.56 Å². The molecule has 1 N–H and O–H groups in total. The minimum atomic E-state index is -0.470. The Morgan fingerprint density at radius 2 is 1.83 bits per heavy atom. The molecule has 0 unspecified atom stereocenters. The molecule has 3 rings (SSSR count). The zero-order valence-electron chi connectivity index (χ0n) is 16.9. The van der Waals surface area contributed by atoms with Gasteiger partial charge in [0, 0.05) is 5.69 Å². The number of anilines is 1. The lowest BCUT2D eigenvalue weighted by atomic mass is 10.1. The lowest BCUT2D eigenvalue weighted by Crippen LogP contribution is -2.13. The zero-order chi connectivity index (χ0) is 21.3. The maximum Gasteiger partial charge on any atom is 0.266 e. The number of aryl methyl sites for hydroxylation is 1. The van der Waals surface area contributed by atoms with Crippen molar-refractivity contribution >= 4 is 17.7 Å². The second-order valence-corrected chi connectivity index (χ2v) is 6.68. The van der Waals surface area contributed by atoms with Gasteiger partial charge in [-0.15, -0.1) is 0 Å². The lowest BCUT2D eigenvalue weighted by Gasteiger charge is -2.12. The molecule has 5 nitrogen and oxygen atoms in total. The molecule has 30 heavy (non-hydrogen) atoms. The Balaban J connectivity index is 1.75. The van der Waals surface area contributed by atoms with Gasteiger partial charge in [0.1, 0.15) is 18.2 Å². The molecule has 0 aliphatic heterocycles. The second kappa shape index (κ2) is 9.94. The monoisotopic (exact) mass is 398 g/mol. The Kier molecular flexibility index (Phi) is 6.86. The number of ether oxygens (including phenoxy) is 2. The number of para-hydroxylation sites is 1. The molecule has 0 saturated heterocycles. The first-order chi connectivity index (χ1) is 14.6. The first kappa shape index (κ1) is 20.7. The summed E-state index contributed by atoms with van der Waals surface area (Å²) < 4.78 is 11.3. The van der Waals surface area contributed by atoms with Gasteiger partial charge in [-0.3, -0.25) is 4.79 Å². The number of amides is 1. The van der Waals surface area contributed by atoms with E-state index >= 15 is 0 Å². The summed E-state index contributed by atoms with van der Waals surface area (Å²) in [6.07, 6.45) is 1.52. The molecule has 1 amide bonds.